The molecule has 2 aromatic rings. The molecule has 3 rings (SSSR count). The van der Waals surface area contributed by atoms with E-state index >= 15 is 0 Å². The molecule has 0 unspecified atom stereocenters. The molecule has 1 aliphatic rings. The van der Waals surface area contributed by atoms with Crippen molar-refractivity contribution in [2.24, 2.45) is 0 Å². The molecule has 7 nitrogen and oxygen atoms in total. The van der Waals surface area contributed by atoms with Crippen LogP contribution in [-0.2, 0) is 15.7 Å². The zero-order chi connectivity index (χ0) is 26.5. The first-order chi connectivity index (χ1) is 15.9. The van der Waals surface area contributed by atoms with Crippen molar-refractivity contribution >= 4 is 60.1 Å². The van der Waals surface area contributed by atoms with Crippen LogP contribution >= 0.6 is 23.2 Å². The zero-order valence-corrected chi connectivity index (χ0v) is 24.7. The lowest BCUT2D eigenvalue weighted by atomic mass is 10.2. The molecule has 0 N–H and O–H groups in total. The minimum atomic E-state index is -2.03. The molecule has 2 amide bonds. The molecular weight excluding hydrogens is 505 g/mol. The van der Waals surface area contributed by atoms with E-state index in [2.05, 4.69) is 33.9 Å². The van der Waals surface area contributed by atoms with Crippen molar-refractivity contribution in [1.29, 1.82) is 0 Å². The molecular formula is C25H37Cl2N3O4Si. The highest BCUT2D eigenvalue weighted by Gasteiger charge is 2.37. The standard InChI is InChI=1S/C25H37Cl2N3O4Si/c1-24(2,3)34-23(32)30(12-13-33-35(8,9)25(4,5)6)18-15-17(26)20(27)21-16(18)14-19-22(31)28(7)10-11-29(19)21/h14-15H,10-13H2,1-9H3. The van der Waals surface area contributed by atoms with Crippen LogP contribution in [0.5, 0.6) is 0 Å². The van der Waals surface area contributed by atoms with Gasteiger partial charge in [0.2, 0.25) is 0 Å². The number of carbonyl (C=O) groups excluding carboxylic acids is 2. The van der Waals surface area contributed by atoms with Crippen molar-refractivity contribution in [3.05, 3.63) is 27.9 Å². The number of likely N-dealkylation sites (N-methyl/N-ethyl adjacent to an activating group) is 1. The third-order valence-corrected chi connectivity index (χ3v) is 12.1. The van der Waals surface area contributed by atoms with Crippen LogP contribution in [0, 0.1) is 0 Å². The highest BCUT2D eigenvalue weighted by Crippen LogP contribution is 2.41. The lowest BCUT2D eigenvalue weighted by Gasteiger charge is -2.37. The number of benzene rings is 1. The quantitative estimate of drug-likeness (QED) is 0.390. The summed E-state index contributed by atoms with van der Waals surface area (Å²) in [6, 6.07) is 3.46. The molecule has 0 aliphatic carbocycles. The summed E-state index contributed by atoms with van der Waals surface area (Å²) in [4.78, 5) is 29.5. The van der Waals surface area contributed by atoms with Gasteiger partial charge in [0.25, 0.3) is 5.91 Å². The van der Waals surface area contributed by atoms with Crippen molar-refractivity contribution in [2.45, 2.75) is 71.8 Å². The minimum Gasteiger partial charge on any atom is -0.443 e. The number of halogens is 2. The molecule has 35 heavy (non-hydrogen) atoms. The molecule has 0 atom stereocenters. The fraction of sp³-hybridized carbons (Fsp3) is 0.600. The highest BCUT2D eigenvalue weighted by molar-refractivity contribution is 6.74. The Labute approximate surface area is 219 Å². The monoisotopic (exact) mass is 541 g/mol. The first-order valence-corrected chi connectivity index (χ1v) is 15.5. The molecule has 0 spiro atoms. The number of fused-ring (bicyclic) bond motifs is 3. The van der Waals surface area contributed by atoms with Crippen molar-refractivity contribution in [2.75, 3.05) is 31.6 Å². The molecule has 1 aromatic heterocycles. The molecule has 0 bridgehead atoms. The van der Waals surface area contributed by atoms with Crippen LogP contribution in [0.15, 0.2) is 12.1 Å². The van der Waals surface area contributed by atoms with Gasteiger partial charge in [0, 0.05) is 25.5 Å². The summed E-state index contributed by atoms with van der Waals surface area (Å²) in [5, 5.41) is 1.38. The van der Waals surface area contributed by atoms with Crippen molar-refractivity contribution < 1.29 is 18.8 Å². The van der Waals surface area contributed by atoms with Crippen LogP contribution in [0.25, 0.3) is 10.9 Å². The lowest BCUT2D eigenvalue weighted by molar-refractivity contribution is 0.0574. The highest BCUT2D eigenvalue weighted by atomic mass is 35.5. The average Bonchev–Trinajstić information content (AvgIpc) is 3.09. The van der Waals surface area contributed by atoms with Crippen LogP contribution in [0.4, 0.5) is 10.5 Å². The second-order valence-corrected chi connectivity index (χ2v) is 17.2. The number of nitrogens with zero attached hydrogens (tertiary/aromatic N) is 3. The zero-order valence-electron chi connectivity index (χ0n) is 22.2. The Morgan fingerprint density at radius 3 is 2.31 bits per heavy atom. The largest absolute Gasteiger partial charge is 0.443 e. The van der Waals surface area contributed by atoms with E-state index in [1.807, 2.05) is 25.3 Å². The van der Waals surface area contributed by atoms with E-state index in [-0.39, 0.29) is 17.5 Å². The van der Waals surface area contributed by atoms with Crippen LogP contribution in [-0.4, -0.2) is 62.1 Å². The summed E-state index contributed by atoms with van der Waals surface area (Å²) in [5.41, 5.74) is 1.01. The fourth-order valence-corrected chi connectivity index (χ4v) is 5.26. The van der Waals surface area contributed by atoms with Crippen LogP contribution in [0.2, 0.25) is 28.2 Å². The molecule has 194 valence electrons. The number of aromatic nitrogens is 1. The predicted molar refractivity (Wildman–Crippen MR) is 146 cm³/mol. The van der Waals surface area contributed by atoms with Gasteiger partial charge in [0.05, 0.1) is 34.4 Å². The SMILES string of the molecule is CN1CCn2c(cc3c(N(CCO[Si](C)(C)C(C)(C)C)C(=O)OC(C)(C)C)cc(Cl)c(Cl)c32)C1=O. The van der Waals surface area contributed by atoms with E-state index in [4.69, 9.17) is 32.4 Å². The Kier molecular flexibility index (Phi) is 7.65. The molecule has 0 radical (unpaired) electrons. The molecule has 0 saturated carbocycles. The second-order valence-electron chi connectivity index (χ2n) is 11.6. The third-order valence-electron chi connectivity index (χ3n) is 6.77. The van der Waals surface area contributed by atoms with E-state index in [9.17, 15) is 9.59 Å². The Morgan fingerprint density at radius 2 is 1.74 bits per heavy atom. The summed E-state index contributed by atoms with van der Waals surface area (Å²) >= 11 is 13.2. The van der Waals surface area contributed by atoms with E-state index in [0.29, 0.717) is 52.0 Å². The number of carbonyl (C=O) groups is 2. The van der Waals surface area contributed by atoms with Crippen molar-refractivity contribution in [3.8, 4) is 0 Å². The van der Waals surface area contributed by atoms with Gasteiger partial charge < -0.3 is 18.6 Å². The van der Waals surface area contributed by atoms with Gasteiger partial charge in [-0.2, -0.15) is 0 Å². The Balaban J connectivity index is 2.10. The third kappa shape index (κ3) is 5.66. The van der Waals surface area contributed by atoms with E-state index in [1.54, 1.807) is 29.0 Å². The van der Waals surface area contributed by atoms with E-state index in [0.717, 1.165) is 0 Å². The number of ether oxygens (including phenoxy) is 1. The second kappa shape index (κ2) is 9.61. The molecule has 1 aliphatic heterocycles. The normalized spacial score (nSPS) is 14.9. The number of hydrogen-bond donors (Lipinski definition) is 0. The van der Waals surface area contributed by atoms with Crippen LogP contribution < -0.4 is 4.90 Å². The number of anilines is 1. The fourth-order valence-electron chi connectivity index (χ4n) is 3.77. The number of amides is 2. The number of hydrogen-bond acceptors (Lipinski definition) is 4. The minimum absolute atomic E-state index is 0.0361. The summed E-state index contributed by atoms with van der Waals surface area (Å²) in [6.07, 6.45) is -0.511. The van der Waals surface area contributed by atoms with Crippen LogP contribution in [0.3, 0.4) is 0 Å². The van der Waals surface area contributed by atoms with Crippen molar-refractivity contribution in [1.82, 2.24) is 9.47 Å². The van der Waals surface area contributed by atoms with Crippen molar-refractivity contribution in [3.63, 3.8) is 0 Å². The number of rotatable bonds is 5. The molecule has 10 heteroatoms. The summed E-state index contributed by atoms with van der Waals surface area (Å²) < 4.78 is 14.0. The smallest absolute Gasteiger partial charge is 0.414 e. The van der Waals surface area contributed by atoms with Gasteiger partial charge >= 0.3 is 6.09 Å². The van der Waals surface area contributed by atoms with Gasteiger partial charge in [0.15, 0.2) is 8.32 Å². The Morgan fingerprint density at radius 1 is 1.11 bits per heavy atom. The first-order valence-electron chi connectivity index (χ1n) is 11.9. The van der Waals surface area contributed by atoms with Gasteiger partial charge in [0.1, 0.15) is 11.3 Å². The topological polar surface area (TPSA) is 64.0 Å². The van der Waals surface area contributed by atoms with Crippen LogP contribution in [0.1, 0.15) is 52.0 Å². The average molecular weight is 543 g/mol. The van der Waals surface area contributed by atoms with Gasteiger partial charge in [-0.25, -0.2) is 4.79 Å². The maximum Gasteiger partial charge on any atom is 0.414 e. The molecule has 2 heterocycles. The maximum atomic E-state index is 13.4. The van der Waals surface area contributed by atoms with Gasteiger partial charge in [-0.15, -0.1) is 0 Å². The summed E-state index contributed by atoms with van der Waals surface area (Å²) in [5.74, 6) is -0.101. The Hall–Kier alpha value is -1.74. The van der Waals surface area contributed by atoms with E-state index < -0.39 is 20.0 Å². The molecule has 0 saturated heterocycles. The first kappa shape index (κ1) is 27.8. The maximum absolute atomic E-state index is 13.4. The van der Waals surface area contributed by atoms with E-state index in [1.165, 1.54) is 0 Å². The lowest BCUT2D eigenvalue weighted by Crippen LogP contribution is -2.44. The van der Waals surface area contributed by atoms with Gasteiger partial charge in [-0.3, -0.25) is 9.69 Å². The van der Waals surface area contributed by atoms with Gasteiger partial charge in [-0.1, -0.05) is 44.0 Å². The molecule has 1 aromatic carbocycles. The Bertz CT molecular complexity index is 1150. The van der Waals surface area contributed by atoms with Gasteiger partial charge in [-0.05, 0) is 51.0 Å². The predicted octanol–water partition coefficient (Wildman–Crippen LogP) is 6.80. The molecule has 0 fully saturated rings. The summed E-state index contributed by atoms with van der Waals surface area (Å²) in [6.45, 7) is 18.1. The summed E-state index contributed by atoms with van der Waals surface area (Å²) in [7, 11) is -0.265.